The molecule has 1 fully saturated rings. The topological polar surface area (TPSA) is 158 Å². The number of aromatic nitrogens is 2. The van der Waals surface area contributed by atoms with Crippen molar-refractivity contribution in [2.24, 2.45) is 0 Å². The van der Waals surface area contributed by atoms with Gasteiger partial charge >= 0.3 is 19.4 Å². The highest BCUT2D eigenvalue weighted by Gasteiger charge is 2.53. The molecule has 2 heterocycles. The zero-order valence-electron chi connectivity index (χ0n) is 19.1. The summed E-state index contributed by atoms with van der Waals surface area (Å²) < 4.78 is 46.9. The predicted molar refractivity (Wildman–Crippen MR) is 125 cm³/mol. The zero-order chi connectivity index (χ0) is 26.7. The van der Waals surface area contributed by atoms with Crippen LogP contribution in [-0.4, -0.2) is 64.7 Å². The van der Waals surface area contributed by atoms with Crippen molar-refractivity contribution in [2.75, 3.05) is 13.2 Å². The quantitative estimate of drug-likeness (QED) is 0.169. The molecule has 1 aromatic carbocycles. The van der Waals surface area contributed by atoms with Gasteiger partial charge in [0.05, 0.1) is 24.1 Å². The Hall–Kier alpha value is -2.48. The van der Waals surface area contributed by atoms with Crippen LogP contribution in [0.4, 0.5) is 4.39 Å². The lowest BCUT2D eigenvalue weighted by Gasteiger charge is -2.27. The van der Waals surface area contributed by atoms with Crippen molar-refractivity contribution < 1.29 is 37.4 Å². The number of esters is 1. The molecule has 3 N–H and O–H groups in total. The third-order valence-corrected chi connectivity index (χ3v) is 7.09. The van der Waals surface area contributed by atoms with E-state index in [0.29, 0.717) is 0 Å². The van der Waals surface area contributed by atoms with Gasteiger partial charge < -0.3 is 19.1 Å². The van der Waals surface area contributed by atoms with Gasteiger partial charge in [-0.1, -0.05) is 0 Å². The molecule has 0 spiro atoms. The van der Waals surface area contributed by atoms with Gasteiger partial charge in [0.15, 0.2) is 6.23 Å². The SMILES string of the molecule is [B][C@]1(Cl)[C@H](O)[C@@H](COP(=O)(N[C@@H](C)C(=O)OCC)Oc2ccc(F)cc2)O[C@H]1n1ccc(=O)[nH]c1=O. The molecule has 1 aliphatic heterocycles. The lowest BCUT2D eigenvalue weighted by molar-refractivity contribution is -0.144. The number of nitrogens with zero attached hydrogens (tertiary/aromatic N) is 1. The summed E-state index contributed by atoms with van der Waals surface area (Å²) in [6.07, 6.45) is -3.35. The third kappa shape index (κ3) is 6.44. The lowest BCUT2D eigenvalue weighted by Crippen LogP contribution is -2.45. The molecule has 0 amide bonds. The highest BCUT2D eigenvalue weighted by Crippen LogP contribution is 2.47. The van der Waals surface area contributed by atoms with Gasteiger partial charge in [0.2, 0.25) is 0 Å². The Morgan fingerprint density at radius 3 is 2.67 bits per heavy atom. The number of ether oxygens (including phenoxy) is 2. The van der Waals surface area contributed by atoms with Crippen molar-refractivity contribution in [3.8, 4) is 5.75 Å². The van der Waals surface area contributed by atoms with E-state index < -0.39 is 66.6 Å². The molecule has 1 unspecified atom stereocenters. The Balaban J connectivity index is 1.81. The largest absolute Gasteiger partial charge is 0.465 e. The summed E-state index contributed by atoms with van der Waals surface area (Å²) in [5, 5.41) is 13.0. The third-order valence-electron chi connectivity index (χ3n) is 5.03. The Bertz CT molecular complexity index is 1240. The Morgan fingerprint density at radius 1 is 1.39 bits per heavy atom. The van der Waals surface area contributed by atoms with Crippen LogP contribution in [0.3, 0.4) is 0 Å². The Labute approximate surface area is 210 Å². The first-order chi connectivity index (χ1) is 16.9. The lowest BCUT2D eigenvalue weighted by atomic mass is 9.79. The average Bonchev–Trinajstić information content (AvgIpc) is 3.03. The molecule has 2 radical (unpaired) electrons. The first-order valence-electron chi connectivity index (χ1n) is 10.6. The minimum atomic E-state index is -4.38. The zero-order valence-corrected chi connectivity index (χ0v) is 20.8. The molecule has 194 valence electrons. The van der Waals surface area contributed by atoms with Gasteiger partial charge in [-0.3, -0.25) is 23.7 Å². The number of aliphatic hydroxyl groups excluding tert-OH is 1. The fourth-order valence-corrected chi connectivity index (χ4v) is 5.05. The molecule has 12 nitrogen and oxygen atoms in total. The summed E-state index contributed by atoms with van der Waals surface area (Å²) in [5.74, 6) is -1.38. The van der Waals surface area contributed by atoms with Crippen LogP contribution in [-0.2, 0) is 23.4 Å². The maximum atomic E-state index is 13.5. The standard InChI is InChI=1S/C20H23BClFN3O9P/c1-3-32-17(29)11(2)25-36(31,35-13-6-4-12(23)5-7-13)33-10-14-16(28)20(21,22)18(34-14)26-9-8-15(27)24-19(26)30/h4-9,11,14,16,18,28H,3,10H2,1-2H3,(H,25,31)(H,24,27,30)/t11-,14+,16+,18+,20-,36?/m0/s1. The molecular weight excluding hydrogens is 522 g/mol. The van der Waals surface area contributed by atoms with Gasteiger partial charge in [0, 0.05) is 12.3 Å². The minimum absolute atomic E-state index is 0.0561. The fourth-order valence-electron chi connectivity index (χ4n) is 3.25. The van der Waals surface area contributed by atoms with E-state index in [0.717, 1.165) is 29.0 Å². The molecule has 1 saturated heterocycles. The van der Waals surface area contributed by atoms with E-state index in [4.69, 9.17) is 38.0 Å². The van der Waals surface area contributed by atoms with E-state index in [2.05, 4.69) is 5.09 Å². The van der Waals surface area contributed by atoms with Crippen molar-refractivity contribution >= 4 is 33.2 Å². The number of aliphatic hydroxyl groups is 1. The summed E-state index contributed by atoms with van der Waals surface area (Å²) in [7, 11) is 1.61. The molecule has 3 rings (SSSR count). The Kier molecular flexibility index (Phi) is 8.81. The minimum Gasteiger partial charge on any atom is -0.465 e. The number of halogens is 2. The van der Waals surface area contributed by atoms with Crippen LogP contribution in [0.5, 0.6) is 5.75 Å². The summed E-state index contributed by atoms with van der Waals surface area (Å²) in [6.45, 7) is 2.37. The number of rotatable bonds is 10. The van der Waals surface area contributed by atoms with Crippen LogP contribution in [0.1, 0.15) is 20.1 Å². The summed E-state index contributed by atoms with van der Waals surface area (Å²) in [4.78, 5) is 37.6. The molecular formula is C20H23BClFN3O9P. The van der Waals surface area contributed by atoms with Crippen molar-refractivity contribution in [3.63, 3.8) is 0 Å². The van der Waals surface area contributed by atoms with Crippen LogP contribution in [0.2, 0.25) is 0 Å². The fraction of sp³-hybridized carbons (Fsp3) is 0.450. The first-order valence-corrected chi connectivity index (χ1v) is 12.6. The molecule has 1 aromatic heterocycles. The van der Waals surface area contributed by atoms with Crippen LogP contribution in [0.15, 0.2) is 46.1 Å². The second-order valence-electron chi connectivity index (χ2n) is 7.76. The maximum Gasteiger partial charge on any atom is 0.459 e. The van der Waals surface area contributed by atoms with Crippen LogP contribution >= 0.6 is 19.3 Å². The van der Waals surface area contributed by atoms with E-state index in [1.165, 1.54) is 19.1 Å². The van der Waals surface area contributed by atoms with Gasteiger partial charge in [-0.05, 0) is 38.1 Å². The number of aromatic amines is 1. The number of H-pyrrole nitrogens is 1. The Morgan fingerprint density at radius 2 is 2.06 bits per heavy atom. The van der Waals surface area contributed by atoms with E-state index >= 15 is 0 Å². The predicted octanol–water partition coefficient (Wildman–Crippen LogP) is 0.782. The van der Waals surface area contributed by atoms with Crippen LogP contribution < -0.4 is 20.9 Å². The number of benzene rings is 1. The molecule has 6 atom stereocenters. The molecule has 0 bridgehead atoms. The van der Waals surface area contributed by atoms with Crippen LogP contribution in [0.25, 0.3) is 0 Å². The smallest absolute Gasteiger partial charge is 0.459 e. The van der Waals surface area contributed by atoms with Gasteiger partial charge in [0.25, 0.3) is 5.56 Å². The summed E-state index contributed by atoms with van der Waals surface area (Å²) in [5.41, 5.74) is -1.57. The number of carbonyl (C=O) groups excluding carboxylic acids is 1. The number of nitrogens with one attached hydrogen (secondary N) is 2. The molecule has 16 heteroatoms. The van der Waals surface area contributed by atoms with Gasteiger partial charge in [-0.15, -0.1) is 11.6 Å². The van der Waals surface area contributed by atoms with Crippen molar-refractivity contribution in [1.82, 2.24) is 14.6 Å². The number of carbonyl (C=O) groups is 1. The number of alkyl halides is 1. The second-order valence-corrected chi connectivity index (χ2v) is 10.1. The molecule has 0 saturated carbocycles. The normalized spacial score (nSPS) is 26.2. The van der Waals surface area contributed by atoms with Crippen LogP contribution in [0, 0.1) is 5.82 Å². The summed E-state index contributed by atoms with van der Waals surface area (Å²) >= 11 is 6.26. The molecule has 0 aliphatic carbocycles. The van der Waals surface area contributed by atoms with Gasteiger partial charge in [0.1, 0.15) is 31.6 Å². The van der Waals surface area contributed by atoms with Crippen molar-refractivity contribution in [3.05, 3.63) is 63.2 Å². The van der Waals surface area contributed by atoms with Crippen molar-refractivity contribution in [1.29, 1.82) is 0 Å². The first kappa shape index (κ1) is 28.1. The second kappa shape index (κ2) is 11.3. The highest BCUT2D eigenvalue weighted by molar-refractivity contribution is 7.52. The highest BCUT2D eigenvalue weighted by atomic mass is 35.5. The maximum absolute atomic E-state index is 13.5. The van der Waals surface area contributed by atoms with Gasteiger partial charge in [-0.2, -0.15) is 5.09 Å². The van der Waals surface area contributed by atoms with E-state index in [-0.39, 0.29) is 12.4 Å². The molecule has 36 heavy (non-hydrogen) atoms. The van der Waals surface area contributed by atoms with Crippen molar-refractivity contribution in [2.45, 2.75) is 43.1 Å². The average molecular weight is 546 g/mol. The number of hydrogen-bond donors (Lipinski definition) is 3. The van der Waals surface area contributed by atoms with E-state index in [1.807, 2.05) is 4.98 Å². The molecule has 1 aliphatic rings. The summed E-state index contributed by atoms with van der Waals surface area (Å²) in [6, 6.07) is 4.36. The van der Waals surface area contributed by atoms with E-state index in [1.54, 1.807) is 6.92 Å². The van der Waals surface area contributed by atoms with E-state index in [9.17, 15) is 28.4 Å². The molecule has 2 aromatic rings. The van der Waals surface area contributed by atoms with Gasteiger partial charge in [-0.25, -0.2) is 13.8 Å². The number of hydrogen-bond acceptors (Lipinski definition) is 9. The monoisotopic (exact) mass is 545 g/mol.